The maximum Gasteiger partial charge on any atom is 0.298 e. The standard InChI is InChI=1S/C19H21FN4O3S/c1-11(2)24-10-18(12(3)21-24)28(26)22-19(25)17-9-14-15(20)7-13(8-16(14)27-17)23-5-4-6-23/h7-11H,4-6H2,1-3H3,(H,22,25). The lowest BCUT2D eigenvalue weighted by Gasteiger charge is -2.33. The number of carbonyl (C=O) groups is 1. The summed E-state index contributed by atoms with van der Waals surface area (Å²) in [5.74, 6) is -1.20. The molecule has 0 saturated carbocycles. The van der Waals surface area contributed by atoms with Gasteiger partial charge in [0.2, 0.25) is 0 Å². The van der Waals surface area contributed by atoms with Crippen molar-refractivity contribution >= 4 is 33.5 Å². The fourth-order valence-electron chi connectivity index (χ4n) is 3.05. The number of hydrogen-bond donors (Lipinski definition) is 1. The van der Waals surface area contributed by atoms with Crippen molar-refractivity contribution in [3.63, 3.8) is 0 Å². The Kier molecular flexibility index (Phi) is 4.70. The molecular formula is C19H21FN4O3S. The van der Waals surface area contributed by atoms with Crippen LogP contribution < -0.4 is 9.62 Å². The summed E-state index contributed by atoms with van der Waals surface area (Å²) in [6, 6.07) is 4.61. The second-order valence-corrected chi connectivity index (χ2v) is 8.32. The third-order valence-corrected chi connectivity index (χ3v) is 5.97. The van der Waals surface area contributed by atoms with Crippen molar-refractivity contribution in [2.45, 2.75) is 38.1 Å². The van der Waals surface area contributed by atoms with E-state index in [4.69, 9.17) is 4.42 Å². The van der Waals surface area contributed by atoms with Crippen LogP contribution in [-0.4, -0.2) is 33.0 Å². The Hall–Kier alpha value is -2.68. The van der Waals surface area contributed by atoms with Crippen LogP contribution in [0.3, 0.4) is 0 Å². The minimum Gasteiger partial charge on any atom is -0.451 e. The van der Waals surface area contributed by atoms with Crippen LogP contribution in [0, 0.1) is 12.7 Å². The minimum atomic E-state index is -1.80. The number of carbonyl (C=O) groups excluding carboxylic acids is 1. The highest BCUT2D eigenvalue weighted by atomic mass is 32.2. The Labute approximate surface area is 164 Å². The van der Waals surface area contributed by atoms with E-state index in [1.54, 1.807) is 23.9 Å². The first kappa shape index (κ1) is 18.7. The molecule has 1 atom stereocenters. The summed E-state index contributed by atoms with van der Waals surface area (Å²) in [4.78, 5) is 14.9. The topological polar surface area (TPSA) is 80.4 Å². The first-order valence-electron chi connectivity index (χ1n) is 9.10. The molecule has 1 N–H and O–H groups in total. The molecule has 28 heavy (non-hydrogen) atoms. The zero-order valence-corrected chi connectivity index (χ0v) is 16.7. The van der Waals surface area contributed by atoms with Crippen molar-refractivity contribution in [2.75, 3.05) is 18.0 Å². The third kappa shape index (κ3) is 3.30. The molecule has 1 aliphatic rings. The van der Waals surface area contributed by atoms with Gasteiger partial charge in [-0.15, -0.1) is 0 Å². The molecule has 1 aromatic carbocycles. The van der Waals surface area contributed by atoms with E-state index >= 15 is 0 Å². The van der Waals surface area contributed by atoms with Gasteiger partial charge in [-0.1, -0.05) is 0 Å². The van der Waals surface area contributed by atoms with Gasteiger partial charge in [0.1, 0.15) is 16.3 Å². The van der Waals surface area contributed by atoms with Crippen LogP contribution in [0.2, 0.25) is 0 Å². The van der Waals surface area contributed by atoms with Crippen LogP contribution in [-0.2, 0) is 11.0 Å². The SMILES string of the molecule is Cc1nn(C(C)C)cc1S(=O)NC(=O)c1cc2c(F)cc(N3CCC3)cc2o1. The largest absolute Gasteiger partial charge is 0.451 e. The Morgan fingerprint density at radius 2 is 2.07 bits per heavy atom. The number of nitrogens with zero attached hydrogens (tertiary/aromatic N) is 3. The molecule has 0 aliphatic carbocycles. The number of halogens is 1. The quantitative estimate of drug-likeness (QED) is 0.706. The van der Waals surface area contributed by atoms with Crippen molar-refractivity contribution in [3.8, 4) is 0 Å². The Balaban J connectivity index is 1.57. The van der Waals surface area contributed by atoms with Crippen LogP contribution >= 0.6 is 0 Å². The predicted octanol–water partition coefficient (Wildman–Crippen LogP) is 3.32. The number of rotatable bonds is 5. The van der Waals surface area contributed by atoms with Crippen LogP contribution in [0.4, 0.5) is 10.1 Å². The number of furan rings is 1. The highest BCUT2D eigenvalue weighted by molar-refractivity contribution is 7.83. The number of hydrogen-bond acceptors (Lipinski definition) is 5. The van der Waals surface area contributed by atoms with Crippen molar-refractivity contribution in [1.29, 1.82) is 0 Å². The van der Waals surface area contributed by atoms with Crippen molar-refractivity contribution in [2.24, 2.45) is 0 Å². The maximum absolute atomic E-state index is 14.4. The molecule has 1 aliphatic heterocycles. The average Bonchev–Trinajstić information content (AvgIpc) is 3.17. The number of benzene rings is 1. The highest BCUT2D eigenvalue weighted by Gasteiger charge is 2.22. The molecule has 1 unspecified atom stereocenters. The molecule has 4 rings (SSSR count). The summed E-state index contributed by atoms with van der Waals surface area (Å²) in [5, 5.41) is 4.52. The van der Waals surface area contributed by atoms with Gasteiger partial charge < -0.3 is 9.32 Å². The lowest BCUT2D eigenvalue weighted by Crippen LogP contribution is -2.36. The number of aromatic nitrogens is 2. The monoisotopic (exact) mass is 404 g/mol. The van der Waals surface area contributed by atoms with Crippen LogP contribution in [0.25, 0.3) is 11.0 Å². The fraction of sp³-hybridized carbons (Fsp3) is 0.368. The summed E-state index contributed by atoms with van der Waals surface area (Å²) in [6.45, 7) is 7.39. The second kappa shape index (κ2) is 7.05. The lowest BCUT2D eigenvalue weighted by atomic mass is 10.1. The van der Waals surface area contributed by atoms with Crippen molar-refractivity contribution in [1.82, 2.24) is 14.5 Å². The lowest BCUT2D eigenvalue weighted by molar-refractivity contribution is 0.0958. The minimum absolute atomic E-state index is 0.0862. The molecule has 1 fully saturated rings. The molecule has 3 heterocycles. The molecule has 148 valence electrons. The van der Waals surface area contributed by atoms with Gasteiger partial charge in [-0.25, -0.2) is 8.60 Å². The number of anilines is 1. The smallest absolute Gasteiger partial charge is 0.298 e. The van der Waals surface area contributed by atoms with E-state index in [0.29, 0.717) is 16.2 Å². The van der Waals surface area contributed by atoms with Crippen LogP contribution in [0.15, 0.2) is 33.7 Å². The molecule has 9 heteroatoms. The molecule has 7 nitrogen and oxygen atoms in total. The van der Waals surface area contributed by atoms with E-state index in [-0.39, 0.29) is 17.2 Å². The van der Waals surface area contributed by atoms with Gasteiger partial charge in [-0.2, -0.15) is 5.10 Å². The van der Waals surface area contributed by atoms with E-state index in [1.165, 1.54) is 12.1 Å². The van der Waals surface area contributed by atoms with Gasteiger partial charge >= 0.3 is 0 Å². The summed E-state index contributed by atoms with van der Waals surface area (Å²) in [6.07, 6.45) is 2.72. The first-order chi connectivity index (χ1) is 13.3. The van der Waals surface area contributed by atoms with Crippen molar-refractivity contribution in [3.05, 3.63) is 41.7 Å². The molecule has 3 aromatic rings. The summed E-state index contributed by atoms with van der Waals surface area (Å²) in [5.41, 5.74) is 1.60. The maximum atomic E-state index is 14.4. The first-order valence-corrected chi connectivity index (χ1v) is 10.2. The normalized spacial score (nSPS) is 15.1. The van der Waals surface area contributed by atoms with Gasteiger partial charge in [0, 0.05) is 43.1 Å². The number of aryl methyl sites for hydroxylation is 1. The van der Waals surface area contributed by atoms with Gasteiger partial charge in [0.05, 0.1) is 11.1 Å². The number of nitrogens with one attached hydrogen (secondary N) is 1. The second-order valence-electron chi connectivity index (χ2n) is 7.14. The third-order valence-electron chi connectivity index (χ3n) is 4.80. The Morgan fingerprint density at radius 3 is 2.68 bits per heavy atom. The summed E-state index contributed by atoms with van der Waals surface area (Å²) < 4.78 is 36.6. The van der Waals surface area contributed by atoms with E-state index in [0.717, 1.165) is 25.2 Å². The summed E-state index contributed by atoms with van der Waals surface area (Å²) in [7, 11) is -1.80. The van der Waals surface area contributed by atoms with E-state index in [1.807, 2.05) is 18.7 Å². The Morgan fingerprint density at radius 1 is 1.32 bits per heavy atom. The van der Waals surface area contributed by atoms with E-state index in [2.05, 4.69) is 9.82 Å². The molecular weight excluding hydrogens is 383 g/mol. The Bertz CT molecular complexity index is 1080. The van der Waals surface area contributed by atoms with E-state index < -0.39 is 22.7 Å². The van der Waals surface area contributed by atoms with Crippen LogP contribution in [0.1, 0.15) is 42.6 Å². The molecule has 1 saturated heterocycles. The average molecular weight is 404 g/mol. The zero-order chi connectivity index (χ0) is 20.0. The molecule has 0 spiro atoms. The fourth-order valence-corrected chi connectivity index (χ4v) is 3.94. The molecule has 0 bridgehead atoms. The van der Waals surface area contributed by atoms with Gasteiger partial charge in [-0.3, -0.25) is 14.2 Å². The number of fused-ring (bicyclic) bond motifs is 1. The summed E-state index contributed by atoms with van der Waals surface area (Å²) >= 11 is 0. The molecule has 1 amide bonds. The van der Waals surface area contributed by atoms with E-state index in [9.17, 15) is 13.4 Å². The van der Waals surface area contributed by atoms with Gasteiger partial charge in [-0.05, 0) is 33.3 Å². The number of amides is 1. The zero-order valence-electron chi connectivity index (χ0n) is 15.9. The predicted molar refractivity (Wildman–Crippen MR) is 104 cm³/mol. The van der Waals surface area contributed by atoms with Crippen LogP contribution in [0.5, 0.6) is 0 Å². The highest BCUT2D eigenvalue weighted by Crippen LogP contribution is 2.30. The van der Waals surface area contributed by atoms with Gasteiger partial charge in [0.15, 0.2) is 16.7 Å². The van der Waals surface area contributed by atoms with Crippen molar-refractivity contribution < 1.29 is 17.8 Å². The molecule has 2 aromatic heterocycles. The van der Waals surface area contributed by atoms with Gasteiger partial charge in [0.25, 0.3) is 5.91 Å². The molecule has 0 radical (unpaired) electrons.